The second-order valence-corrected chi connectivity index (χ2v) is 7.37. The summed E-state index contributed by atoms with van der Waals surface area (Å²) in [7, 11) is 0. The molecule has 2 aromatic heterocycles. The molecule has 1 saturated heterocycles. The van der Waals surface area contributed by atoms with E-state index in [-0.39, 0.29) is 11.4 Å². The lowest BCUT2D eigenvalue weighted by Gasteiger charge is -2.43. The molecule has 1 aromatic carbocycles. The first-order valence-electron chi connectivity index (χ1n) is 9.19. The van der Waals surface area contributed by atoms with Crippen molar-refractivity contribution in [3.05, 3.63) is 59.9 Å². The molecule has 0 bridgehead atoms. The molecule has 1 amide bonds. The van der Waals surface area contributed by atoms with Crippen molar-refractivity contribution in [2.75, 3.05) is 24.5 Å². The smallest absolute Gasteiger partial charge is 0.254 e. The largest absolute Gasteiger partial charge is 0.367 e. The van der Waals surface area contributed by atoms with Gasteiger partial charge in [0.05, 0.1) is 17.2 Å². The molecule has 1 spiro atoms. The van der Waals surface area contributed by atoms with Gasteiger partial charge in [-0.05, 0) is 43.2 Å². The first-order chi connectivity index (χ1) is 13.2. The predicted octanol–water partition coefficient (Wildman–Crippen LogP) is 2.93. The van der Waals surface area contributed by atoms with Gasteiger partial charge < -0.3 is 14.8 Å². The van der Waals surface area contributed by atoms with Gasteiger partial charge in [-0.2, -0.15) is 5.26 Å². The van der Waals surface area contributed by atoms with Crippen LogP contribution in [0.2, 0.25) is 0 Å². The highest BCUT2D eigenvalue weighted by Crippen LogP contribution is 2.46. The summed E-state index contributed by atoms with van der Waals surface area (Å²) < 4.78 is 0. The average Bonchev–Trinajstić information content (AvgIpc) is 3.29. The third kappa shape index (κ3) is 2.55. The number of aromatic nitrogens is 2. The molecule has 2 fully saturated rings. The molecule has 0 atom stereocenters. The Morgan fingerprint density at radius 3 is 2.93 bits per heavy atom. The van der Waals surface area contributed by atoms with Crippen molar-refractivity contribution in [2.24, 2.45) is 0 Å². The monoisotopic (exact) mass is 357 g/mol. The van der Waals surface area contributed by atoms with Gasteiger partial charge in [0.15, 0.2) is 0 Å². The molecule has 1 N–H and O–H groups in total. The first kappa shape index (κ1) is 15.9. The summed E-state index contributed by atoms with van der Waals surface area (Å²) >= 11 is 0. The molecule has 3 aromatic rings. The Morgan fingerprint density at radius 1 is 1.22 bits per heavy atom. The third-order valence-electron chi connectivity index (χ3n) is 5.74. The van der Waals surface area contributed by atoms with E-state index in [2.05, 4.69) is 33.1 Å². The van der Waals surface area contributed by atoms with E-state index < -0.39 is 0 Å². The van der Waals surface area contributed by atoms with E-state index >= 15 is 0 Å². The molecule has 2 aliphatic rings. The number of H-pyrrole nitrogens is 1. The highest BCUT2D eigenvalue weighted by molar-refractivity contribution is 5.96. The Kier molecular flexibility index (Phi) is 3.44. The molecule has 0 unspecified atom stereocenters. The van der Waals surface area contributed by atoms with Gasteiger partial charge in [0.1, 0.15) is 5.65 Å². The summed E-state index contributed by atoms with van der Waals surface area (Å²) in [6, 6.07) is 13.2. The second-order valence-electron chi connectivity index (χ2n) is 7.37. The van der Waals surface area contributed by atoms with Crippen LogP contribution in [0.5, 0.6) is 0 Å². The minimum absolute atomic E-state index is 0.0331. The van der Waals surface area contributed by atoms with Crippen LogP contribution in [0.15, 0.2) is 48.8 Å². The maximum Gasteiger partial charge on any atom is 0.254 e. The minimum atomic E-state index is -0.0934. The number of carbonyl (C=O) groups is 1. The van der Waals surface area contributed by atoms with Crippen molar-refractivity contribution in [1.29, 1.82) is 5.26 Å². The SMILES string of the molecule is N#Cc1cccc(C(=O)N2CCN(c3ccnc4[nH]ccc34)CC23CC3)c1. The number of aromatic amines is 1. The number of anilines is 1. The van der Waals surface area contributed by atoms with Gasteiger partial charge in [-0.1, -0.05) is 6.07 Å². The van der Waals surface area contributed by atoms with Crippen molar-refractivity contribution in [3.8, 4) is 6.07 Å². The van der Waals surface area contributed by atoms with Crippen LogP contribution in [0.3, 0.4) is 0 Å². The lowest BCUT2D eigenvalue weighted by molar-refractivity contribution is 0.0625. The Hall–Kier alpha value is -3.33. The quantitative estimate of drug-likeness (QED) is 0.765. The molecule has 1 saturated carbocycles. The molecular weight excluding hydrogens is 338 g/mol. The highest BCUT2D eigenvalue weighted by Gasteiger charge is 2.53. The summed E-state index contributed by atoms with van der Waals surface area (Å²) in [5, 5.41) is 10.2. The Balaban J connectivity index is 1.42. The first-order valence-corrected chi connectivity index (χ1v) is 9.19. The number of carbonyl (C=O) groups excluding carboxylic acids is 1. The number of hydrogen-bond acceptors (Lipinski definition) is 4. The van der Waals surface area contributed by atoms with Crippen LogP contribution in [0.25, 0.3) is 11.0 Å². The van der Waals surface area contributed by atoms with Gasteiger partial charge in [-0.25, -0.2) is 4.98 Å². The molecule has 6 nitrogen and oxygen atoms in total. The van der Waals surface area contributed by atoms with Crippen LogP contribution in [-0.4, -0.2) is 45.9 Å². The molecule has 5 rings (SSSR count). The Bertz CT molecular complexity index is 1080. The molecule has 27 heavy (non-hydrogen) atoms. The third-order valence-corrected chi connectivity index (χ3v) is 5.74. The second kappa shape index (κ2) is 5.85. The van der Waals surface area contributed by atoms with Crippen LogP contribution in [0.1, 0.15) is 28.8 Å². The zero-order valence-corrected chi connectivity index (χ0v) is 14.9. The number of benzene rings is 1. The van der Waals surface area contributed by atoms with Gasteiger partial charge in [0, 0.05) is 48.7 Å². The van der Waals surface area contributed by atoms with Gasteiger partial charge in [-0.15, -0.1) is 0 Å². The van der Waals surface area contributed by atoms with E-state index in [0.717, 1.165) is 37.0 Å². The van der Waals surface area contributed by atoms with Crippen LogP contribution >= 0.6 is 0 Å². The summed E-state index contributed by atoms with van der Waals surface area (Å²) in [6.07, 6.45) is 5.79. The van der Waals surface area contributed by atoms with Crippen molar-refractivity contribution in [2.45, 2.75) is 18.4 Å². The van der Waals surface area contributed by atoms with E-state index in [9.17, 15) is 4.79 Å². The fraction of sp³-hybridized carbons (Fsp3) is 0.286. The average molecular weight is 357 g/mol. The van der Waals surface area contributed by atoms with E-state index in [4.69, 9.17) is 5.26 Å². The number of rotatable bonds is 2. The lowest BCUT2D eigenvalue weighted by Crippen LogP contribution is -2.57. The number of piperazine rings is 1. The maximum absolute atomic E-state index is 13.1. The van der Waals surface area contributed by atoms with E-state index in [1.54, 1.807) is 24.3 Å². The fourth-order valence-corrected chi connectivity index (χ4v) is 4.17. The minimum Gasteiger partial charge on any atom is -0.367 e. The Morgan fingerprint density at radius 2 is 2.11 bits per heavy atom. The van der Waals surface area contributed by atoms with Crippen LogP contribution in [0, 0.1) is 11.3 Å². The van der Waals surface area contributed by atoms with Crippen LogP contribution in [0.4, 0.5) is 5.69 Å². The van der Waals surface area contributed by atoms with Gasteiger partial charge >= 0.3 is 0 Å². The standard InChI is InChI=1S/C21H19N5O/c22-13-15-2-1-3-16(12-15)20(27)26-11-10-25(14-21(26)6-7-21)18-5-9-24-19-17(18)4-8-23-19/h1-5,8-9,12H,6-7,10-11,14H2,(H,23,24). The normalized spacial score (nSPS) is 17.9. The van der Waals surface area contributed by atoms with E-state index in [1.807, 2.05) is 17.3 Å². The fourth-order valence-electron chi connectivity index (χ4n) is 4.17. The van der Waals surface area contributed by atoms with E-state index in [1.165, 1.54) is 5.69 Å². The Labute approximate surface area is 157 Å². The molecule has 3 heterocycles. The van der Waals surface area contributed by atoms with Crippen molar-refractivity contribution in [3.63, 3.8) is 0 Å². The number of amides is 1. The van der Waals surface area contributed by atoms with Crippen molar-refractivity contribution >= 4 is 22.6 Å². The van der Waals surface area contributed by atoms with E-state index in [0.29, 0.717) is 17.7 Å². The number of fused-ring (bicyclic) bond motifs is 1. The topological polar surface area (TPSA) is 76.0 Å². The summed E-state index contributed by atoms with van der Waals surface area (Å²) in [5.74, 6) is 0.0331. The zero-order valence-electron chi connectivity index (χ0n) is 14.9. The number of nitrogens with zero attached hydrogens (tertiary/aromatic N) is 4. The molecule has 1 aliphatic carbocycles. The molecule has 0 radical (unpaired) electrons. The summed E-state index contributed by atoms with van der Waals surface area (Å²) in [5.41, 5.74) is 3.10. The van der Waals surface area contributed by atoms with Gasteiger partial charge in [-0.3, -0.25) is 4.79 Å². The summed E-state index contributed by atoms with van der Waals surface area (Å²) in [4.78, 5) is 25.1. The number of nitriles is 1. The zero-order chi connectivity index (χ0) is 18.4. The summed E-state index contributed by atoms with van der Waals surface area (Å²) in [6.45, 7) is 2.31. The van der Waals surface area contributed by atoms with Crippen LogP contribution in [-0.2, 0) is 0 Å². The van der Waals surface area contributed by atoms with Crippen LogP contribution < -0.4 is 4.90 Å². The number of hydrogen-bond donors (Lipinski definition) is 1. The molecular formula is C21H19N5O. The number of pyridine rings is 1. The van der Waals surface area contributed by atoms with Crippen molar-refractivity contribution < 1.29 is 4.79 Å². The van der Waals surface area contributed by atoms with Crippen molar-refractivity contribution in [1.82, 2.24) is 14.9 Å². The molecule has 134 valence electrons. The molecule has 1 aliphatic heterocycles. The lowest BCUT2D eigenvalue weighted by atomic mass is 10.0. The molecule has 6 heteroatoms. The van der Waals surface area contributed by atoms with Gasteiger partial charge in [0.2, 0.25) is 0 Å². The predicted molar refractivity (Wildman–Crippen MR) is 102 cm³/mol. The van der Waals surface area contributed by atoms with Gasteiger partial charge in [0.25, 0.3) is 5.91 Å². The number of nitrogens with one attached hydrogen (secondary N) is 1. The maximum atomic E-state index is 13.1. The highest BCUT2D eigenvalue weighted by atomic mass is 16.2.